The summed E-state index contributed by atoms with van der Waals surface area (Å²) in [5.74, 6) is 2.25. The topological polar surface area (TPSA) is 20.2 Å². The van der Waals surface area contributed by atoms with Gasteiger partial charge in [0, 0.05) is 5.25 Å². The maximum atomic E-state index is 10.1. The number of hydrogen-bond acceptors (Lipinski definition) is 2. The molecular formula is C12H22OS. The van der Waals surface area contributed by atoms with Gasteiger partial charge in [0.1, 0.15) is 0 Å². The molecule has 14 heavy (non-hydrogen) atoms. The van der Waals surface area contributed by atoms with E-state index in [1.807, 2.05) is 18.7 Å². The molecule has 2 aliphatic carbocycles. The summed E-state index contributed by atoms with van der Waals surface area (Å²) in [5, 5.41) is 10.6. The Morgan fingerprint density at radius 2 is 1.93 bits per heavy atom. The summed E-state index contributed by atoms with van der Waals surface area (Å²) in [6, 6.07) is 0. The van der Waals surface area contributed by atoms with Gasteiger partial charge in [-0.25, -0.2) is 0 Å². The van der Waals surface area contributed by atoms with Crippen LogP contribution in [0.25, 0.3) is 0 Å². The second-order valence-electron chi connectivity index (χ2n) is 5.22. The van der Waals surface area contributed by atoms with Gasteiger partial charge in [-0.1, -0.05) is 12.8 Å². The Morgan fingerprint density at radius 3 is 2.50 bits per heavy atom. The number of aliphatic hydroxyl groups is 1. The van der Waals surface area contributed by atoms with Gasteiger partial charge in [-0.15, -0.1) is 0 Å². The molecule has 0 spiro atoms. The first-order valence-electron chi connectivity index (χ1n) is 6.02. The largest absolute Gasteiger partial charge is 0.389 e. The highest BCUT2D eigenvalue weighted by Gasteiger charge is 2.37. The predicted molar refractivity (Wildman–Crippen MR) is 62.7 cm³/mol. The standard InChI is InChI=1S/C12H22OS/c1-12(13)8-4-7-11(12)14-9-10-5-2-3-6-10/h10-11,13H,2-9H2,1H3. The first kappa shape index (κ1) is 10.8. The van der Waals surface area contributed by atoms with Gasteiger partial charge >= 0.3 is 0 Å². The molecule has 0 heterocycles. The van der Waals surface area contributed by atoms with E-state index in [0.717, 1.165) is 12.3 Å². The minimum Gasteiger partial charge on any atom is -0.389 e. The smallest absolute Gasteiger partial charge is 0.0737 e. The summed E-state index contributed by atoms with van der Waals surface area (Å²) in [4.78, 5) is 0. The Labute approximate surface area is 91.7 Å². The van der Waals surface area contributed by atoms with Crippen LogP contribution in [0.2, 0.25) is 0 Å². The zero-order valence-corrected chi connectivity index (χ0v) is 9.98. The molecule has 2 unspecified atom stereocenters. The molecule has 2 fully saturated rings. The molecular weight excluding hydrogens is 192 g/mol. The molecule has 1 nitrogen and oxygen atoms in total. The second kappa shape index (κ2) is 4.44. The van der Waals surface area contributed by atoms with Crippen molar-refractivity contribution in [3.63, 3.8) is 0 Å². The van der Waals surface area contributed by atoms with E-state index in [0.29, 0.717) is 5.25 Å². The Morgan fingerprint density at radius 1 is 1.21 bits per heavy atom. The lowest BCUT2D eigenvalue weighted by Gasteiger charge is -2.26. The molecule has 2 rings (SSSR count). The maximum absolute atomic E-state index is 10.1. The van der Waals surface area contributed by atoms with Crippen molar-refractivity contribution in [2.24, 2.45) is 5.92 Å². The van der Waals surface area contributed by atoms with Gasteiger partial charge in [0.05, 0.1) is 5.60 Å². The van der Waals surface area contributed by atoms with Crippen molar-refractivity contribution in [3.8, 4) is 0 Å². The average Bonchev–Trinajstić information content (AvgIpc) is 2.71. The molecule has 2 atom stereocenters. The molecule has 0 amide bonds. The Hall–Kier alpha value is 0.310. The number of rotatable bonds is 3. The molecule has 0 saturated heterocycles. The van der Waals surface area contributed by atoms with Gasteiger partial charge in [0.25, 0.3) is 0 Å². The van der Waals surface area contributed by atoms with Gasteiger partial charge in [-0.05, 0) is 50.7 Å². The second-order valence-corrected chi connectivity index (χ2v) is 6.46. The third kappa shape index (κ3) is 2.46. The maximum Gasteiger partial charge on any atom is 0.0737 e. The highest BCUT2D eigenvalue weighted by atomic mass is 32.2. The van der Waals surface area contributed by atoms with E-state index in [4.69, 9.17) is 0 Å². The van der Waals surface area contributed by atoms with E-state index in [2.05, 4.69) is 0 Å². The predicted octanol–water partition coefficient (Wildman–Crippen LogP) is 3.21. The van der Waals surface area contributed by atoms with Gasteiger partial charge < -0.3 is 5.11 Å². The number of thioether (sulfide) groups is 1. The SMILES string of the molecule is CC1(O)CCCC1SCC1CCCC1. The van der Waals surface area contributed by atoms with Crippen LogP contribution >= 0.6 is 11.8 Å². The summed E-state index contributed by atoms with van der Waals surface area (Å²) < 4.78 is 0. The van der Waals surface area contributed by atoms with Gasteiger partial charge in [-0.2, -0.15) is 11.8 Å². The summed E-state index contributed by atoms with van der Waals surface area (Å²) >= 11 is 2.04. The van der Waals surface area contributed by atoms with Gasteiger partial charge in [0.15, 0.2) is 0 Å². The van der Waals surface area contributed by atoms with Gasteiger partial charge in [-0.3, -0.25) is 0 Å². The van der Waals surface area contributed by atoms with Gasteiger partial charge in [0.2, 0.25) is 0 Å². The molecule has 2 saturated carbocycles. The van der Waals surface area contributed by atoms with Crippen molar-refractivity contribution in [2.75, 3.05) is 5.75 Å². The molecule has 1 N–H and O–H groups in total. The normalized spacial score (nSPS) is 39.4. The van der Waals surface area contributed by atoms with E-state index >= 15 is 0 Å². The molecule has 2 aliphatic rings. The average molecular weight is 214 g/mol. The van der Waals surface area contributed by atoms with E-state index in [9.17, 15) is 5.11 Å². The fourth-order valence-electron chi connectivity index (χ4n) is 2.81. The van der Waals surface area contributed by atoms with E-state index in [-0.39, 0.29) is 5.60 Å². The Kier molecular flexibility index (Phi) is 3.43. The molecule has 82 valence electrons. The van der Waals surface area contributed by atoms with Crippen molar-refractivity contribution in [2.45, 2.75) is 62.7 Å². The third-order valence-corrected chi connectivity index (χ3v) is 5.66. The summed E-state index contributed by atoms with van der Waals surface area (Å²) in [5.41, 5.74) is -0.372. The quantitative estimate of drug-likeness (QED) is 0.778. The Balaban J connectivity index is 1.74. The third-order valence-electron chi connectivity index (χ3n) is 3.85. The van der Waals surface area contributed by atoms with Crippen LogP contribution < -0.4 is 0 Å². The van der Waals surface area contributed by atoms with E-state index in [1.54, 1.807) is 0 Å². The molecule has 0 radical (unpaired) electrons. The minimum absolute atomic E-state index is 0.372. The van der Waals surface area contributed by atoms with Crippen molar-refractivity contribution >= 4 is 11.8 Å². The first-order valence-corrected chi connectivity index (χ1v) is 7.07. The lowest BCUT2D eigenvalue weighted by molar-refractivity contribution is 0.0734. The van der Waals surface area contributed by atoms with Crippen LogP contribution in [0.3, 0.4) is 0 Å². The highest BCUT2D eigenvalue weighted by molar-refractivity contribution is 8.00. The van der Waals surface area contributed by atoms with E-state index < -0.39 is 0 Å². The summed E-state index contributed by atoms with van der Waals surface area (Å²) in [6.45, 7) is 2.02. The molecule has 0 aromatic rings. The van der Waals surface area contributed by atoms with Crippen molar-refractivity contribution in [3.05, 3.63) is 0 Å². The van der Waals surface area contributed by atoms with Crippen LogP contribution in [-0.2, 0) is 0 Å². The fourth-order valence-corrected chi connectivity index (χ4v) is 4.46. The monoisotopic (exact) mass is 214 g/mol. The fraction of sp³-hybridized carbons (Fsp3) is 1.00. The van der Waals surface area contributed by atoms with Crippen LogP contribution in [-0.4, -0.2) is 21.7 Å². The molecule has 0 aliphatic heterocycles. The van der Waals surface area contributed by atoms with Crippen LogP contribution in [0.4, 0.5) is 0 Å². The number of hydrogen-bond donors (Lipinski definition) is 1. The molecule has 0 aromatic heterocycles. The van der Waals surface area contributed by atoms with Crippen LogP contribution in [0.1, 0.15) is 51.9 Å². The Bertz CT molecular complexity index is 185. The lowest BCUT2D eigenvalue weighted by Crippen LogP contribution is -2.31. The summed E-state index contributed by atoms with van der Waals surface area (Å²) in [7, 11) is 0. The zero-order chi connectivity index (χ0) is 10.0. The van der Waals surface area contributed by atoms with E-state index in [1.165, 1.54) is 44.3 Å². The highest BCUT2D eigenvalue weighted by Crippen LogP contribution is 2.40. The summed E-state index contributed by atoms with van der Waals surface area (Å²) in [6.07, 6.45) is 9.19. The molecule has 2 heteroatoms. The minimum atomic E-state index is -0.372. The van der Waals surface area contributed by atoms with Crippen LogP contribution in [0, 0.1) is 5.92 Å². The van der Waals surface area contributed by atoms with Crippen molar-refractivity contribution in [1.29, 1.82) is 0 Å². The lowest BCUT2D eigenvalue weighted by atomic mass is 10.1. The van der Waals surface area contributed by atoms with Crippen molar-refractivity contribution < 1.29 is 5.11 Å². The van der Waals surface area contributed by atoms with Crippen molar-refractivity contribution in [1.82, 2.24) is 0 Å². The van der Waals surface area contributed by atoms with Crippen LogP contribution in [0.15, 0.2) is 0 Å². The zero-order valence-electron chi connectivity index (χ0n) is 9.17. The van der Waals surface area contributed by atoms with Crippen LogP contribution in [0.5, 0.6) is 0 Å². The molecule has 0 bridgehead atoms. The molecule has 0 aromatic carbocycles. The first-order chi connectivity index (χ1) is 6.68.